The SMILES string of the molecule is CCC(O)(C(=O)[O-])C(O)C(O)C(O)CO.CCC(O)(C(=O)[O-])C(O)C(O)C(O)CO.[Co+2]. The summed E-state index contributed by atoms with van der Waals surface area (Å²) in [5.74, 6) is -3.91. The Morgan fingerprint density at radius 3 is 1.06 bits per heavy atom. The van der Waals surface area contributed by atoms with Crippen LogP contribution in [0.5, 0.6) is 0 Å². The van der Waals surface area contributed by atoms with Crippen LogP contribution in [0.2, 0.25) is 0 Å². The van der Waals surface area contributed by atoms with Gasteiger partial charge < -0.3 is 70.9 Å². The predicted octanol–water partition coefficient (Wildman–Crippen LogP) is -8.10. The van der Waals surface area contributed by atoms with Gasteiger partial charge in [0.2, 0.25) is 0 Å². The third kappa shape index (κ3) is 8.83. The van der Waals surface area contributed by atoms with Crippen LogP contribution in [0.3, 0.4) is 0 Å². The molecule has 0 aliphatic carbocycles. The summed E-state index contributed by atoms with van der Waals surface area (Å²) in [6, 6.07) is 0. The normalized spacial score (nSPS) is 20.8. The van der Waals surface area contributed by atoms with Crippen molar-refractivity contribution in [2.75, 3.05) is 13.2 Å². The van der Waals surface area contributed by atoms with Gasteiger partial charge in [-0.25, -0.2) is 0 Å². The minimum Gasteiger partial charge on any atom is -0.547 e. The van der Waals surface area contributed by atoms with E-state index >= 15 is 0 Å². The zero-order chi connectivity index (χ0) is 24.4. The second-order valence-electron chi connectivity index (χ2n) is 6.50. The number of carbonyl (C=O) groups is 2. The van der Waals surface area contributed by atoms with E-state index in [0.717, 1.165) is 0 Å². The number of rotatable bonds is 12. The van der Waals surface area contributed by atoms with Gasteiger partial charge in [-0.1, -0.05) is 13.8 Å². The van der Waals surface area contributed by atoms with Gasteiger partial charge in [0.1, 0.15) is 47.8 Å². The summed E-state index contributed by atoms with van der Waals surface area (Å²) in [6.45, 7) is 0.782. The zero-order valence-electron chi connectivity index (χ0n) is 16.7. The minimum absolute atomic E-state index is 0. The Morgan fingerprint density at radius 1 is 0.710 bits per heavy atom. The van der Waals surface area contributed by atoms with E-state index in [1.807, 2.05) is 0 Å². The average Bonchev–Trinajstić information content (AvgIpc) is 2.74. The fraction of sp³-hybridized carbons (Fsp3) is 0.875. The van der Waals surface area contributed by atoms with Crippen LogP contribution in [0.1, 0.15) is 26.7 Å². The van der Waals surface area contributed by atoms with Crippen LogP contribution in [-0.4, -0.2) is 124 Å². The van der Waals surface area contributed by atoms with Crippen molar-refractivity contribution in [2.24, 2.45) is 0 Å². The van der Waals surface area contributed by atoms with Crippen LogP contribution in [0.25, 0.3) is 0 Å². The molecule has 0 heterocycles. The molecule has 0 saturated heterocycles. The molecule has 187 valence electrons. The molecule has 1 radical (unpaired) electrons. The van der Waals surface area contributed by atoms with Crippen molar-refractivity contribution in [2.45, 2.75) is 74.5 Å². The predicted molar refractivity (Wildman–Crippen MR) is 90.7 cm³/mol. The average molecular weight is 505 g/mol. The van der Waals surface area contributed by atoms with Crippen molar-refractivity contribution in [1.82, 2.24) is 0 Å². The standard InChI is InChI=1S/2C8H16O7.Co/c2*1-2-8(15,7(13)14)6(12)5(11)4(10)3-9;/h2*4-6,9-12,15H,2-3H2,1H3,(H,13,14);/q;;+2/p-2. The molecule has 0 saturated carbocycles. The molecule has 0 aliphatic rings. The smallest absolute Gasteiger partial charge is 0.547 e. The third-order valence-corrected chi connectivity index (χ3v) is 4.57. The van der Waals surface area contributed by atoms with E-state index in [1.165, 1.54) is 13.8 Å². The largest absolute Gasteiger partial charge is 2.00 e. The van der Waals surface area contributed by atoms with Gasteiger partial charge in [-0.05, 0) is 12.8 Å². The molecule has 0 rings (SSSR count). The van der Waals surface area contributed by atoms with Gasteiger partial charge in [-0.15, -0.1) is 0 Å². The zero-order valence-corrected chi connectivity index (χ0v) is 17.8. The minimum atomic E-state index is -2.66. The molecule has 8 atom stereocenters. The molecule has 0 aromatic heterocycles. The van der Waals surface area contributed by atoms with Gasteiger partial charge in [0, 0.05) is 0 Å². The topological polar surface area (TPSA) is 283 Å². The molecule has 0 spiro atoms. The van der Waals surface area contributed by atoms with Crippen LogP contribution in [-0.2, 0) is 26.4 Å². The van der Waals surface area contributed by atoms with Crippen LogP contribution in [0.15, 0.2) is 0 Å². The number of carboxylic acids is 2. The van der Waals surface area contributed by atoms with Crippen LogP contribution in [0.4, 0.5) is 0 Å². The molecule has 0 aliphatic heterocycles. The Hall–Kier alpha value is -0.954. The number of carbonyl (C=O) groups excluding carboxylic acids is 2. The van der Waals surface area contributed by atoms with Crippen molar-refractivity contribution in [1.29, 1.82) is 0 Å². The molecule has 10 N–H and O–H groups in total. The number of aliphatic hydroxyl groups excluding tert-OH is 8. The first-order valence-electron chi connectivity index (χ1n) is 8.79. The van der Waals surface area contributed by atoms with Gasteiger partial charge in [-0.3, -0.25) is 0 Å². The van der Waals surface area contributed by atoms with Gasteiger partial charge in [-0.2, -0.15) is 0 Å². The van der Waals surface area contributed by atoms with E-state index in [2.05, 4.69) is 0 Å². The summed E-state index contributed by atoms with van der Waals surface area (Å²) in [6.07, 6.45) is -12.5. The van der Waals surface area contributed by atoms with E-state index in [9.17, 15) is 50.4 Å². The maximum Gasteiger partial charge on any atom is 2.00 e. The Bertz CT molecular complexity index is 490. The first kappa shape index (κ1) is 34.7. The molecule has 8 unspecified atom stereocenters. The van der Waals surface area contributed by atoms with E-state index < -0.39 is 85.8 Å². The fourth-order valence-electron chi connectivity index (χ4n) is 2.15. The van der Waals surface area contributed by atoms with Crippen molar-refractivity contribution < 1.29 is 87.6 Å². The number of aliphatic carboxylic acids is 2. The van der Waals surface area contributed by atoms with E-state index in [4.69, 9.17) is 20.4 Å². The molecule has 15 heteroatoms. The van der Waals surface area contributed by atoms with E-state index in [-0.39, 0.29) is 16.8 Å². The van der Waals surface area contributed by atoms with E-state index in [0.29, 0.717) is 0 Å². The maximum atomic E-state index is 10.5. The van der Waals surface area contributed by atoms with Gasteiger partial charge in [0.05, 0.1) is 25.2 Å². The van der Waals surface area contributed by atoms with Crippen molar-refractivity contribution in [3.63, 3.8) is 0 Å². The molecule has 14 nitrogen and oxygen atoms in total. The Balaban J connectivity index is -0.000000490. The molecular formula is C16H30CoO14. The van der Waals surface area contributed by atoms with Gasteiger partial charge in [0.15, 0.2) is 0 Å². The Labute approximate surface area is 187 Å². The van der Waals surface area contributed by atoms with Crippen LogP contribution in [0, 0.1) is 0 Å². The second kappa shape index (κ2) is 15.0. The summed E-state index contributed by atoms with van der Waals surface area (Å²) < 4.78 is 0. The maximum absolute atomic E-state index is 10.5. The first-order chi connectivity index (χ1) is 13.6. The Morgan fingerprint density at radius 2 is 0.935 bits per heavy atom. The molecule has 31 heavy (non-hydrogen) atoms. The monoisotopic (exact) mass is 505 g/mol. The molecule has 0 aromatic rings. The molecular weight excluding hydrogens is 475 g/mol. The summed E-state index contributed by atoms with van der Waals surface area (Å²) in [5.41, 5.74) is -5.31. The summed E-state index contributed by atoms with van der Waals surface area (Å²) in [5, 5.41) is 112. The van der Waals surface area contributed by atoms with Crippen molar-refractivity contribution in [3.05, 3.63) is 0 Å². The first-order valence-corrected chi connectivity index (χ1v) is 8.79. The number of hydrogen-bond donors (Lipinski definition) is 10. The number of carboxylic acid groups (broad SMARTS) is 2. The molecule has 0 fully saturated rings. The Kier molecular flexibility index (Phi) is 16.8. The quantitative estimate of drug-likeness (QED) is 0.118. The van der Waals surface area contributed by atoms with Gasteiger partial charge in [0.25, 0.3) is 0 Å². The second-order valence-corrected chi connectivity index (χ2v) is 6.50. The van der Waals surface area contributed by atoms with Crippen LogP contribution < -0.4 is 10.2 Å². The van der Waals surface area contributed by atoms with Gasteiger partial charge >= 0.3 is 16.8 Å². The fourth-order valence-corrected chi connectivity index (χ4v) is 2.15. The summed E-state index contributed by atoms with van der Waals surface area (Å²) >= 11 is 0. The molecule has 0 amide bonds. The number of aliphatic hydroxyl groups is 10. The molecule has 0 bridgehead atoms. The summed E-state index contributed by atoms with van der Waals surface area (Å²) in [7, 11) is 0. The third-order valence-electron chi connectivity index (χ3n) is 4.57. The van der Waals surface area contributed by atoms with E-state index in [1.54, 1.807) is 0 Å². The summed E-state index contributed by atoms with van der Waals surface area (Å²) in [4.78, 5) is 21.1. The molecule has 0 aromatic carbocycles. The van der Waals surface area contributed by atoms with Crippen molar-refractivity contribution in [3.8, 4) is 0 Å². The van der Waals surface area contributed by atoms with Crippen LogP contribution >= 0.6 is 0 Å². The number of hydrogen-bond acceptors (Lipinski definition) is 14. The van der Waals surface area contributed by atoms with Crippen molar-refractivity contribution >= 4 is 11.9 Å².